The van der Waals surface area contributed by atoms with Crippen molar-refractivity contribution in [1.29, 1.82) is 0 Å². The Kier molecular flexibility index (Phi) is 3.11. The van der Waals surface area contributed by atoms with Crippen molar-refractivity contribution in [3.8, 4) is 0 Å². The van der Waals surface area contributed by atoms with Crippen LogP contribution in [0.25, 0.3) is 0 Å². The first kappa shape index (κ1) is 13.6. The highest BCUT2D eigenvalue weighted by Crippen LogP contribution is 2.46. The Morgan fingerprint density at radius 3 is 2.55 bits per heavy atom. The number of rotatable bonds is 3. The van der Waals surface area contributed by atoms with Crippen LogP contribution in [0, 0.1) is 11.8 Å². The Bertz CT molecular complexity index is 608. The highest BCUT2D eigenvalue weighted by molar-refractivity contribution is 5.91. The lowest BCUT2D eigenvalue weighted by atomic mass is 9.71. The van der Waals surface area contributed by atoms with Crippen LogP contribution in [-0.4, -0.2) is 30.4 Å². The zero-order valence-corrected chi connectivity index (χ0v) is 12.5. The number of carbonyl (C=O) groups excluding carboxylic acids is 1. The van der Waals surface area contributed by atoms with E-state index >= 15 is 0 Å². The van der Waals surface area contributed by atoms with Crippen molar-refractivity contribution in [1.82, 2.24) is 10.2 Å². The molecule has 116 valence electrons. The standard InChI is InChI=1S/C17H21N3O2/c18-16(21)15-11-22-17(19-15,13-4-2-1-3-5-13)14-10-20-8-6-12(14)7-9-20/h1-5,11-12,14,19H,6-10H2,(H2,18,21). The summed E-state index contributed by atoms with van der Waals surface area (Å²) < 4.78 is 6.09. The molecule has 3 saturated heterocycles. The zero-order chi connectivity index (χ0) is 15.2. The number of hydrogen-bond donors (Lipinski definition) is 2. The fraction of sp³-hybridized carbons (Fsp3) is 0.471. The van der Waals surface area contributed by atoms with Gasteiger partial charge < -0.3 is 20.7 Å². The van der Waals surface area contributed by atoms with Gasteiger partial charge in [-0.25, -0.2) is 0 Å². The molecule has 4 heterocycles. The lowest BCUT2D eigenvalue weighted by Gasteiger charge is -2.51. The maximum Gasteiger partial charge on any atom is 0.268 e. The molecule has 3 fully saturated rings. The molecule has 3 N–H and O–H groups in total. The summed E-state index contributed by atoms with van der Waals surface area (Å²) in [5.41, 5.74) is 6.19. The van der Waals surface area contributed by atoms with Crippen LogP contribution in [0.2, 0.25) is 0 Å². The fourth-order valence-electron chi connectivity index (χ4n) is 4.18. The predicted molar refractivity (Wildman–Crippen MR) is 82.3 cm³/mol. The number of benzene rings is 1. The van der Waals surface area contributed by atoms with Gasteiger partial charge in [0.2, 0.25) is 5.72 Å². The number of piperidine rings is 3. The minimum Gasteiger partial charge on any atom is -0.469 e. The highest BCUT2D eigenvalue weighted by Gasteiger charge is 2.52. The Balaban J connectivity index is 1.73. The number of nitrogens with one attached hydrogen (secondary N) is 1. The van der Waals surface area contributed by atoms with Crippen molar-refractivity contribution >= 4 is 5.91 Å². The largest absolute Gasteiger partial charge is 0.469 e. The Morgan fingerprint density at radius 2 is 2.00 bits per heavy atom. The van der Waals surface area contributed by atoms with Crippen molar-refractivity contribution in [2.24, 2.45) is 17.6 Å². The molecule has 2 atom stereocenters. The summed E-state index contributed by atoms with van der Waals surface area (Å²) in [5, 5.41) is 3.31. The second-order valence-corrected chi connectivity index (χ2v) is 6.48. The number of carbonyl (C=O) groups is 1. The van der Waals surface area contributed by atoms with E-state index in [1.807, 2.05) is 18.2 Å². The third kappa shape index (κ3) is 2.00. The van der Waals surface area contributed by atoms with Crippen molar-refractivity contribution in [2.75, 3.05) is 19.6 Å². The molecule has 0 spiro atoms. The second kappa shape index (κ2) is 5.02. The number of hydrogen-bond acceptors (Lipinski definition) is 4. The van der Waals surface area contributed by atoms with E-state index in [1.54, 1.807) is 0 Å². The molecule has 22 heavy (non-hydrogen) atoms. The van der Waals surface area contributed by atoms with Gasteiger partial charge in [0, 0.05) is 18.0 Å². The molecule has 4 aliphatic rings. The number of nitrogens with zero attached hydrogens (tertiary/aromatic N) is 1. The van der Waals surface area contributed by atoms with E-state index in [9.17, 15) is 4.79 Å². The van der Waals surface area contributed by atoms with E-state index < -0.39 is 11.6 Å². The quantitative estimate of drug-likeness (QED) is 0.878. The molecule has 0 aromatic heterocycles. The summed E-state index contributed by atoms with van der Waals surface area (Å²) in [6.07, 6.45) is 3.87. The molecule has 4 aliphatic heterocycles. The predicted octanol–water partition coefficient (Wildman–Crippen LogP) is 1.13. The number of fused-ring (bicyclic) bond motifs is 3. The van der Waals surface area contributed by atoms with Crippen molar-refractivity contribution < 1.29 is 9.53 Å². The van der Waals surface area contributed by atoms with Gasteiger partial charge in [0.05, 0.1) is 0 Å². The Hall–Kier alpha value is -2.01. The molecule has 1 aromatic carbocycles. The lowest BCUT2D eigenvalue weighted by Crippen LogP contribution is -2.59. The van der Waals surface area contributed by atoms with E-state index in [0.717, 1.165) is 12.1 Å². The van der Waals surface area contributed by atoms with Gasteiger partial charge in [-0.3, -0.25) is 4.79 Å². The maximum absolute atomic E-state index is 11.6. The SMILES string of the molecule is NC(=O)C1=COC(c2ccccc2)(C2CN3CCC2CC3)N1. The van der Waals surface area contributed by atoms with E-state index in [4.69, 9.17) is 10.5 Å². The Labute approximate surface area is 130 Å². The van der Waals surface area contributed by atoms with E-state index in [1.165, 1.54) is 32.2 Å². The first-order valence-corrected chi connectivity index (χ1v) is 7.93. The smallest absolute Gasteiger partial charge is 0.268 e. The number of amides is 1. The van der Waals surface area contributed by atoms with Crippen molar-refractivity contribution in [3.63, 3.8) is 0 Å². The van der Waals surface area contributed by atoms with Crippen LogP contribution in [0.15, 0.2) is 42.3 Å². The number of ether oxygens (including phenoxy) is 1. The van der Waals surface area contributed by atoms with Gasteiger partial charge in [0.15, 0.2) is 0 Å². The fourth-order valence-corrected chi connectivity index (χ4v) is 4.18. The van der Waals surface area contributed by atoms with E-state index in [0.29, 0.717) is 17.5 Å². The first-order chi connectivity index (χ1) is 10.7. The number of nitrogens with two attached hydrogens (primary N) is 1. The highest BCUT2D eigenvalue weighted by atomic mass is 16.5. The van der Waals surface area contributed by atoms with Crippen molar-refractivity contribution in [3.05, 3.63) is 47.9 Å². The molecular formula is C17H21N3O2. The molecule has 5 rings (SSSR count). The molecule has 1 amide bonds. The molecule has 2 unspecified atom stereocenters. The van der Waals surface area contributed by atoms with Gasteiger partial charge >= 0.3 is 0 Å². The minimum absolute atomic E-state index is 0.311. The third-order valence-corrected chi connectivity index (χ3v) is 5.33. The van der Waals surface area contributed by atoms with Crippen LogP contribution in [0.1, 0.15) is 18.4 Å². The monoisotopic (exact) mass is 299 g/mol. The lowest BCUT2D eigenvalue weighted by molar-refractivity contribution is -0.118. The van der Waals surface area contributed by atoms with Crippen LogP contribution in [0.5, 0.6) is 0 Å². The third-order valence-electron chi connectivity index (χ3n) is 5.33. The van der Waals surface area contributed by atoms with Crippen LogP contribution >= 0.6 is 0 Å². The summed E-state index contributed by atoms with van der Waals surface area (Å²) in [6, 6.07) is 10.1. The normalized spacial score (nSPS) is 36.4. The topological polar surface area (TPSA) is 67.6 Å². The minimum atomic E-state index is -0.671. The molecule has 0 radical (unpaired) electrons. The first-order valence-electron chi connectivity index (χ1n) is 7.93. The van der Waals surface area contributed by atoms with E-state index in [-0.39, 0.29) is 0 Å². The van der Waals surface area contributed by atoms with Gasteiger partial charge in [-0.15, -0.1) is 0 Å². The molecule has 0 aliphatic carbocycles. The van der Waals surface area contributed by atoms with Crippen molar-refractivity contribution in [2.45, 2.75) is 18.6 Å². The van der Waals surface area contributed by atoms with Gasteiger partial charge in [-0.2, -0.15) is 0 Å². The molecular weight excluding hydrogens is 278 g/mol. The average molecular weight is 299 g/mol. The van der Waals surface area contributed by atoms with Gasteiger partial charge in [0.1, 0.15) is 12.0 Å². The van der Waals surface area contributed by atoms with Crippen LogP contribution in [0.3, 0.4) is 0 Å². The Morgan fingerprint density at radius 1 is 1.27 bits per heavy atom. The average Bonchev–Trinajstić information content (AvgIpc) is 3.03. The van der Waals surface area contributed by atoms with Crippen LogP contribution in [0.4, 0.5) is 0 Å². The van der Waals surface area contributed by atoms with Gasteiger partial charge in [-0.05, 0) is 31.8 Å². The summed E-state index contributed by atoms with van der Waals surface area (Å²) in [4.78, 5) is 14.1. The van der Waals surface area contributed by atoms with Crippen LogP contribution in [-0.2, 0) is 15.3 Å². The molecule has 2 bridgehead atoms. The zero-order valence-electron chi connectivity index (χ0n) is 12.5. The summed E-state index contributed by atoms with van der Waals surface area (Å²) in [7, 11) is 0. The molecule has 5 heteroatoms. The summed E-state index contributed by atoms with van der Waals surface area (Å²) in [6.45, 7) is 3.33. The summed E-state index contributed by atoms with van der Waals surface area (Å²) >= 11 is 0. The summed E-state index contributed by atoms with van der Waals surface area (Å²) in [5.74, 6) is 0.447. The molecule has 1 aromatic rings. The molecule has 0 saturated carbocycles. The van der Waals surface area contributed by atoms with Crippen LogP contribution < -0.4 is 11.1 Å². The maximum atomic E-state index is 11.6. The van der Waals surface area contributed by atoms with Gasteiger partial charge in [-0.1, -0.05) is 30.3 Å². The second-order valence-electron chi connectivity index (χ2n) is 6.48. The van der Waals surface area contributed by atoms with Gasteiger partial charge in [0.25, 0.3) is 5.91 Å². The molecule has 5 nitrogen and oxygen atoms in total. The van der Waals surface area contributed by atoms with E-state index in [2.05, 4.69) is 22.3 Å². The number of primary amides is 1.